The highest BCUT2D eigenvalue weighted by Gasteiger charge is 2.17. The van der Waals surface area contributed by atoms with Gasteiger partial charge in [-0.3, -0.25) is 0 Å². The molecule has 0 aromatic heterocycles. The third-order valence-electron chi connectivity index (χ3n) is 0.439. The highest BCUT2D eigenvalue weighted by molar-refractivity contribution is 8.77. The Labute approximate surface area is 71.5 Å². The first-order valence-corrected chi connectivity index (χ1v) is 4.49. The van der Waals surface area contributed by atoms with Crippen molar-refractivity contribution in [2.45, 2.75) is 4.71 Å². The van der Waals surface area contributed by atoms with E-state index in [4.69, 9.17) is 23.2 Å². The fourth-order valence-electron chi connectivity index (χ4n) is 0.176. The van der Waals surface area contributed by atoms with Gasteiger partial charge < -0.3 is 0 Å². The van der Waals surface area contributed by atoms with E-state index in [1.807, 2.05) is 0 Å². The number of alkyl halides is 1. The van der Waals surface area contributed by atoms with Crippen molar-refractivity contribution >= 4 is 62.6 Å². The Balaban J connectivity index is 0.000000490. The average Bonchev–Trinajstić information content (AvgIpc) is 1.91. The molecule has 6 heteroatoms. The highest BCUT2D eigenvalue weighted by atomic mass is 35.5. The second-order valence-electron chi connectivity index (χ2n) is 0.901. The van der Waals surface area contributed by atoms with E-state index in [-0.39, 0.29) is 17.1 Å². The van der Waals surface area contributed by atoms with Gasteiger partial charge in [0.15, 0.2) is 0 Å². The van der Waals surface area contributed by atoms with E-state index >= 15 is 0 Å². The zero-order valence-corrected chi connectivity index (χ0v) is 7.47. The minimum Gasteiger partial charge on any atom is -0.195 e. The van der Waals surface area contributed by atoms with Crippen LogP contribution in [0.3, 0.4) is 0 Å². The lowest BCUT2D eigenvalue weighted by Crippen LogP contribution is -1.94. The molecule has 0 radical (unpaired) electrons. The van der Waals surface area contributed by atoms with Crippen LogP contribution >= 0.6 is 57.4 Å². The lowest BCUT2D eigenvalue weighted by molar-refractivity contribution is 1.81. The number of nitrogens with zero attached hydrogens (tertiary/aromatic N) is 1. The molecular formula is C2H2Cl3NS2. The summed E-state index contributed by atoms with van der Waals surface area (Å²) >= 11 is 11.0. The van der Waals surface area contributed by atoms with Crippen molar-refractivity contribution in [3.8, 4) is 0 Å². The van der Waals surface area contributed by atoms with Gasteiger partial charge >= 0.3 is 0 Å². The van der Waals surface area contributed by atoms with Crippen LogP contribution in [0.25, 0.3) is 0 Å². The normalized spacial score (nSPS) is 26.8. The van der Waals surface area contributed by atoms with Gasteiger partial charge in [-0.2, -0.15) is 4.40 Å². The molecule has 0 saturated heterocycles. The standard InChI is InChI=1S/C2HCl2NS2.ClH/c3-1-2(4)6-7-5-1;/h2H;1H. The molecule has 1 nitrogen and oxygen atoms in total. The van der Waals surface area contributed by atoms with Crippen molar-refractivity contribution in [3.05, 3.63) is 0 Å². The van der Waals surface area contributed by atoms with Crippen LogP contribution in [0.2, 0.25) is 0 Å². The van der Waals surface area contributed by atoms with Crippen LogP contribution < -0.4 is 0 Å². The molecule has 0 aromatic rings. The van der Waals surface area contributed by atoms with Gasteiger partial charge in [0.05, 0.1) is 0 Å². The summed E-state index contributed by atoms with van der Waals surface area (Å²) in [5.41, 5.74) is 0. The van der Waals surface area contributed by atoms with Gasteiger partial charge in [-0.1, -0.05) is 11.6 Å². The van der Waals surface area contributed by atoms with Crippen molar-refractivity contribution < 1.29 is 0 Å². The van der Waals surface area contributed by atoms with E-state index in [1.54, 1.807) is 0 Å². The van der Waals surface area contributed by atoms with E-state index in [1.165, 1.54) is 21.8 Å². The molecule has 48 valence electrons. The number of rotatable bonds is 0. The Morgan fingerprint density at radius 2 is 2.25 bits per heavy atom. The molecule has 8 heavy (non-hydrogen) atoms. The molecular weight excluding hydrogens is 209 g/mol. The Bertz CT molecular complexity index is 105. The first kappa shape index (κ1) is 9.24. The van der Waals surface area contributed by atoms with Crippen LogP contribution in [0, 0.1) is 0 Å². The zero-order chi connectivity index (χ0) is 5.28. The molecule has 1 rings (SSSR count). The van der Waals surface area contributed by atoms with Gasteiger partial charge in [0.25, 0.3) is 0 Å². The molecule has 0 aromatic carbocycles. The predicted molar refractivity (Wildman–Crippen MR) is 45.4 cm³/mol. The number of halogens is 3. The minimum atomic E-state index is -0.119. The summed E-state index contributed by atoms with van der Waals surface area (Å²) in [6.07, 6.45) is 0. The summed E-state index contributed by atoms with van der Waals surface area (Å²) < 4.78 is 3.63. The first-order valence-electron chi connectivity index (χ1n) is 1.50. The van der Waals surface area contributed by atoms with Gasteiger partial charge in [-0.25, -0.2) is 0 Å². The van der Waals surface area contributed by atoms with E-state index in [2.05, 4.69) is 4.40 Å². The van der Waals surface area contributed by atoms with Crippen molar-refractivity contribution in [2.24, 2.45) is 4.40 Å². The highest BCUT2D eigenvalue weighted by Crippen LogP contribution is 2.38. The third-order valence-corrected chi connectivity index (χ3v) is 3.68. The monoisotopic (exact) mass is 209 g/mol. The van der Waals surface area contributed by atoms with Crippen LogP contribution in [0.1, 0.15) is 0 Å². The molecule has 1 aliphatic heterocycles. The van der Waals surface area contributed by atoms with Gasteiger partial charge in [0.1, 0.15) is 9.88 Å². The van der Waals surface area contributed by atoms with Gasteiger partial charge in [0, 0.05) is 11.0 Å². The zero-order valence-electron chi connectivity index (χ0n) is 3.51. The van der Waals surface area contributed by atoms with E-state index in [9.17, 15) is 0 Å². The topological polar surface area (TPSA) is 12.4 Å². The largest absolute Gasteiger partial charge is 0.195 e. The van der Waals surface area contributed by atoms with Crippen LogP contribution in [-0.4, -0.2) is 9.88 Å². The maximum Gasteiger partial charge on any atom is 0.144 e. The fraction of sp³-hybridized carbons (Fsp3) is 0.500. The Morgan fingerprint density at radius 3 is 2.38 bits per heavy atom. The van der Waals surface area contributed by atoms with Crippen LogP contribution in [0.5, 0.6) is 0 Å². The second-order valence-corrected chi connectivity index (χ2v) is 4.00. The third kappa shape index (κ3) is 2.23. The Hall–Kier alpha value is 1.24. The molecule has 1 atom stereocenters. The molecule has 1 unspecified atom stereocenters. The van der Waals surface area contributed by atoms with Crippen molar-refractivity contribution in [3.63, 3.8) is 0 Å². The summed E-state index contributed by atoms with van der Waals surface area (Å²) in [5.74, 6) is 0. The Morgan fingerprint density at radius 1 is 1.62 bits per heavy atom. The van der Waals surface area contributed by atoms with E-state index in [0.29, 0.717) is 5.17 Å². The van der Waals surface area contributed by atoms with E-state index in [0.717, 1.165) is 0 Å². The summed E-state index contributed by atoms with van der Waals surface area (Å²) in [4.78, 5) is 0. The number of hydrogen-bond acceptors (Lipinski definition) is 3. The number of hydrogen-bond donors (Lipinski definition) is 0. The smallest absolute Gasteiger partial charge is 0.144 e. The predicted octanol–water partition coefficient (Wildman–Crippen LogP) is 2.92. The summed E-state index contributed by atoms with van der Waals surface area (Å²) in [5, 5.41) is 0.497. The SMILES string of the molecule is Cl.ClC1=NSSC1Cl. The molecule has 0 aliphatic carbocycles. The summed E-state index contributed by atoms with van der Waals surface area (Å²) in [6, 6.07) is 0. The molecule has 0 saturated carbocycles. The maximum absolute atomic E-state index is 5.54. The Kier molecular flexibility index (Phi) is 4.76. The minimum absolute atomic E-state index is 0. The van der Waals surface area contributed by atoms with Gasteiger partial charge in [0.2, 0.25) is 0 Å². The van der Waals surface area contributed by atoms with Crippen molar-refractivity contribution in [1.82, 2.24) is 0 Å². The average molecular weight is 211 g/mol. The fourth-order valence-corrected chi connectivity index (χ4v) is 2.46. The van der Waals surface area contributed by atoms with Crippen LogP contribution in [0.4, 0.5) is 0 Å². The molecule has 0 spiro atoms. The van der Waals surface area contributed by atoms with Crippen LogP contribution in [-0.2, 0) is 0 Å². The van der Waals surface area contributed by atoms with Gasteiger partial charge in [-0.05, 0) is 10.8 Å². The maximum atomic E-state index is 5.54. The summed E-state index contributed by atoms with van der Waals surface area (Å²) in [6.45, 7) is 0. The lowest BCUT2D eigenvalue weighted by atomic mass is 10.9. The summed E-state index contributed by atoms with van der Waals surface area (Å²) in [7, 11) is 2.78. The van der Waals surface area contributed by atoms with Gasteiger partial charge in [-0.15, -0.1) is 24.0 Å². The lowest BCUT2D eigenvalue weighted by Gasteiger charge is -1.87. The van der Waals surface area contributed by atoms with Crippen molar-refractivity contribution in [1.29, 1.82) is 0 Å². The van der Waals surface area contributed by atoms with E-state index < -0.39 is 0 Å². The molecule has 0 bridgehead atoms. The molecule has 1 heterocycles. The molecule has 0 fully saturated rings. The second kappa shape index (κ2) is 4.12. The quantitative estimate of drug-likeness (QED) is 0.346. The van der Waals surface area contributed by atoms with Crippen LogP contribution in [0.15, 0.2) is 4.40 Å². The molecule has 1 aliphatic rings. The first-order chi connectivity index (χ1) is 3.30. The van der Waals surface area contributed by atoms with Crippen molar-refractivity contribution in [2.75, 3.05) is 0 Å². The molecule has 0 amide bonds. The molecule has 0 N–H and O–H groups in total.